The van der Waals surface area contributed by atoms with E-state index in [2.05, 4.69) is 0 Å². The van der Waals surface area contributed by atoms with Gasteiger partial charge in [0, 0.05) is 6.08 Å². The van der Waals surface area contributed by atoms with Gasteiger partial charge in [-0.05, 0) is 17.7 Å². The highest BCUT2D eigenvalue weighted by atomic mass is 19.4. The van der Waals surface area contributed by atoms with Gasteiger partial charge in [-0.25, -0.2) is 4.79 Å². The third-order valence-corrected chi connectivity index (χ3v) is 1.91. The van der Waals surface area contributed by atoms with E-state index < -0.39 is 17.7 Å². The molecule has 3 nitrogen and oxygen atoms in total. The molecule has 0 aromatic heterocycles. The van der Waals surface area contributed by atoms with Gasteiger partial charge in [0.25, 0.3) is 0 Å². The van der Waals surface area contributed by atoms with Crippen LogP contribution in [-0.2, 0) is 11.0 Å². The summed E-state index contributed by atoms with van der Waals surface area (Å²) in [7, 11) is 0. The highest BCUT2D eigenvalue weighted by molar-refractivity contribution is 5.94. The van der Waals surface area contributed by atoms with Crippen LogP contribution >= 0.6 is 0 Å². The molecular formula is C11H6F3NO2. The third-order valence-electron chi connectivity index (χ3n) is 1.91. The summed E-state index contributed by atoms with van der Waals surface area (Å²) < 4.78 is 36.7. The number of carboxylic acids is 1. The Balaban J connectivity index is 3.11. The summed E-state index contributed by atoms with van der Waals surface area (Å²) in [5.41, 5.74) is -0.928. The molecule has 0 saturated carbocycles. The largest absolute Gasteiger partial charge is 0.478 e. The van der Waals surface area contributed by atoms with Crippen molar-refractivity contribution in [2.24, 2.45) is 0 Å². The highest BCUT2D eigenvalue weighted by Crippen LogP contribution is 2.29. The van der Waals surface area contributed by atoms with E-state index in [1.165, 1.54) is 0 Å². The molecule has 1 aromatic carbocycles. The Bertz CT molecular complexity index is 495. The second-order valence-electron chi connectivity index (χ2n) is 3.08. The van der Waals surface area contributed by atoms with Crippen molar-refractivity contribution in [3.63, 3.8) is 0 Å². The SMILES string of the molecule is N#C/C(=C/C(=O)O)c1ccc(C(F)(F)F)cc1. The summed E-state index contributed by atoms with van der Waals surface area (Å²) in [6, 6.07) is 5.31. The molecule has 1 rings (SSSR count). The van der Waals surface area contributed by atoms with E-state index in [1.54, 1.807) is 6.07 Å². The van der Waals surface area contributed by atoms with Gasteiger partial charge in [-0.1, -0.05) is 12.1 Å². The van der Waals surface area contributed by atoms with Crippen LogP contribution < -0.4 is 0 Å². The maximum Gasteiger partial charge on any atom is 0.416 e. The summed E-state index contributed by atoms with van der Waals surface area (Å²) in [4.78, 5) is 10.4. The lowest BCUT2D eigenvalue weighted by molar-refractivity contribution is -0.137. The minimum absolute atomic E-state index is 0.128. The van der Waals surface area contributed by atoms with Crippen molar-refractivity contribution >= 4 is 11.5 Å². The Morgan fingerprint density at radius 2 is 1.82 bits per heavy atom. The zero-order valence-corrected chi connectivity index (χ0v) is 8.32. The Morgan fingerprint density at radius 1 is 1.29 bits per heavy atom. The monoisotopic (exact) mass is 241 g/mol. The van der Waals surface area contributed by atoms with Gasteiger partial charge < -0.3 is 5.11 Å². The predicted octanol–water partition coefficient (Wildman–Crippen LogP) is 2.70. The number of nitrogens with zero attached hydrogens (tertiary/aromatic N) is 1. The predicted molar refractivity (Wildman–Crippen MR) is 52.7 cm³/mol. The van der Waals surface area contributed by atoms with Crippen LogP contribution in [0.1, 0.15) is 11.1 Å². The molecule has 88 valence electrons. The van der Waals surface area contributed by atoms with Gasteiger partial charge in [0.15, 0.2) is 0 Å². The van der Waals surface area contributed by atoms with Crippen molar-refractivity contribution in [2.75, 3.05) is 0 Å². The van der Waals surface area contributed by atoms with E-state index >= 15 is 0 Å². The fourth-order valence-electron chi connectivity index (χ4n) is 1.14. The van der Waals surface area contributed by atoms with Crippen LogP contribution in [0.25, 0.3) is 5.57 Å². The quantitative estimate of drug-likeness (QED) is 0.639. The fourth-order valence-corrected chi connectivity index (χ4v) is 1.14. The number of benzene rings is 1. The summed E-state index contributed by atoms with van der Waals surface area (Å²) in [6.45, 7) is 0. The van der Waals surface area contributed by atoms with Gasteiger partial charge in [0.1, 0.15) is 6.07 Å². The van der Waals surface area contributed by atoms with Crippen LogP contribution in [0.2, 0.25) is 0 Å². The van der Waals surface area contributed by atoms with E-state index in [0.717, 1.165) is 24.3 Å². The number of allylic oxidation sites excluding steroid dienone is 1. The van der Waals surface area contributed by atoms with Crippen molar-refractivity contribution in [3.05, 3.63) is 41.5 Å². The normalized spacial score (nSPS) is 12.0. The number of alkyl halides is 3. The molecule has 0 aliphatic heterocycles. The molecule has 0 heterocycles. The molecule has 1 aromatic rings. The van der Waals surface area contributed by atoms with Crippen LogP contribution in [0.15, 0.2) is 30.3 Å². The number of hydrogen-bond acceptors (Lipinski definition) is 2. The van der Waals surface area contributed by atoms with Gasteiger partial charge >= 0.3 is 12.1 Å². The molecule has 0 spiro atoms. The molecule has 0 unspecified atom stereocenters. The zero-order valence-electron chi connectivity index (χ0n) is 8.32. The molecule has 0 bridgehead atoms. The maximum absolute atomic E-state index is 12.2. The Labute approximate surface area is 94.4 Å². The Kier molecular flexibility index (Phi) is 3.53. The number of carboxylic acid groups (broad SMARTS) is 1. The van der Waals surface area contributed by atoms with Gasteiger partial charge in [0.2, 0.25) is 0 Å². The Hall–Kier alpha value is -2.29. The minimum Gasteiger partial charge on any atom is -0.478 e. The van der Waals surface area contributed by atoms with Crippen LogP contribution in [0.5, 0.6) is 0 Å². The highest BCUT2D eigenvalue weighted by Gasteiger charge is 2.30. The van der Waals surface area contributed by atoms with Gasteiger partial charge in [-0.15, -0.1) is 0 Å². The van der Waals surface area contributed by atoms with Gasteiger partial charge in [-0.3, -0.25) is 0 Å². The van der Waals surface area contributed by atoms with Crippen molar-refractivity contribution in [3.8, 4) is 6.07 Å². The Morgan fingerprint density at radius 3 is 2.18 bits per heavy atom. The molecule has 0 saturated heterocycles. The van der Waals surface area contributed by atoms with E-state index in [4.69, 9.17) is 10.4 Å². The summed E-state index contributed by atoms with van der Waals surface area (Å²) >= 11 is 0. The van der Waals surface area contributed by atoms with E-state index in [9.17, 15) is 18.0 Å². The van der Waals surface area contributed by atoms with E-state index in [-0.39, 0.29) is 11.1 Å². The van der Waals surface area contributed by atoms with Crippen molar-refractivity contribution in [1.82, 2.24) is 0 Å². The lowest BCUT2D eigenvalue weighted by Gasteiger charge is -2.06. The van der Waals surface area contributed by atoms with Crippen molar-refractivity contribution in [1.29, 1.82) is 5.26 Å². The lowest BCUT2D eigenvalue weighted by atomic mass is 10.0. The van der Waals surface area contributed by atoms with Crippen LogP contribution in [0.3, 0.4) is 0 Å². The zero-order chi connectivity index (χ0) is 13.1. The maximum atomic E-state index is 12.2. The van der Waals surface area contributed by atoms with Gasteiger partial charge in [0.05, 0.1) is 11.1 Å². The number of carbonyl (C=O) groups is 1. The molecule has 17 heavy (non-hydrogen) atoms. The summed E-state index contributed by atoms with van der Waals surface area (Å²) in [6.07, 6.45) is -3.82. The first kappa shape index (κ1) is 12.8. The molecule has 0 atom stereocenters. The average molecular weight is 241 g/mol. The molecule has 0 amide bonds. The molecule has 0 radical (unpaired) electrons. The first-order valence-electron chi connectivity index (χ1n) is 4.37. The molecule has 0 fully saturated rings. The number of nitriles is 1. The summed E-state index contributed by atoms with van der Waals surface area (Å²) in [5.74, 6) is -1.33. The topological polar surface area (TPSA) is 61.1 Å². The first-order chi connectivity index (χ1) is 7.84. The van der Waals surface area contributed by atoms with Crippen molar-refractivity contribution in [2.45, 2.75) is 6.18 Å². The minimum atomic E-state index is -4.46. The number of rotatable bonds is 2. The van der Waals surface area contributed by atoms with E-state index in [1.807, 2.05) is 0 Å². The van der Waals surface area contributed by atoms with Crippen LogP contribution in [0.4, 0.5) is 13.2 Å². The number of hydrogen-bond donors (Lipinski definition) is 1. The average Bonchev–Trinajstić information content (AvgIpc) is 2.24. The van der Waals surface area contributed by atoms with E-state index in [0.29, 0.717) is 6.08 Å². The van der Waals surface area contributed by atoms with Crippen LogP contribution in [-0.4, -0.2) is 11.1 Å². The van der Waals surface area contributed by atoms with Crippen LogP contribution in [0, 0.1) is 11.3 Å². The standard InChI is InChI=1S/C11H6F3NO2/c12-11(13,14)9-3-1-7(2-4-9)8(6-15)5-10(16)17/h1-5H,(H,16,17)/b8-5-. The smallest absolute Gasteiger partial charge is 0.416 e. The molecule has 1 N–H and O–H groups in total. The third kappa shape index (κ3) is 3.34. The second-order valence-corrected chi connectivity index (χ2v) is 3.08. The summed E-state index contributed by atoms with van der Waals surface area (Å²) in [5, 5.41) is 17.1. The molecule has 6 heteroatoms. The molecule has 0 aliphatic rings. The second kappa shape index (κ2) is 4.70. The molecule has 0 aliphatic carbocycles. The number of aliphatic carboxylic acids is 1. The number of halogens is 3. The molecular weight excluding hydrogens is 235 g/mol. The first-order valence-corrected chi connectivity index (χ1v) is 4.37. The van der Waals surface area contributed by atoms with Crippen molar-refractivity contribution < 1.29 is 23.1 Å². The van der Waals surface area contributed by atoms with Gasteiger partial charge in [-0.2, -0.15) is 18.4 Å². The lowest BCUT2D eigenvalue weighted by Crippen LogP contribution is -2.04. The fraction of sp³-hybridized carbons (Fsp3) is 0.0909.